The fourth-order valence-corrected chi connectivity index (χ4v) is 2.16. The third kappa shape index (κ3) is 2.68. The molecule has 1 aromatic heterocycles. The number of rotatable bonds is 2. The van der Waals surface area contributed by atoms with Crippen LogP contribution in [-0.4, -0.2) is 30.0 Å². The van der Waals surface area contributed by atoms with Crippen molar-refractivity contribution >= 4 is 23.3 Å². The topological polar surface area (TPSA) is 85.2 Å². The predicted octanol–water partition coefficient (Wildman–Crippen LogP) is 0.761. The number of nitrogens with zero attached hydrogens (tertiary/aromatic N) is 2. The Morgan fingerprint density at radius 1 is 1.41 bits per heavy atom. The highest BCUT2D eigenvalue weighted by molar-refractivity contribution is 6.32. The lowest BCUT2D eigenvalue weighted by Crippen LogP contribution is -2.40. The average Bonchev–Trinajstić information content (AvgIpc) is 2.29. The Bertz CT molecular complexity index is 429. The van der Waals surface area contributed by atoms with Crippen LogP contribution in [0.25, 0.3) is 0 Å². The van der Waals surface area contributed by atoms with Gasteiger partial charge in [0.25, 0.3) is 5.91 Å². The standard InChI is InChI=1S/C11H15ClN4O/c12-10-8(11(14)17)1-2-9(15-10)16-5-3-7(13)4-6-16/h1-2,7H,3-6,13H2,(H2,14,17). The molecule has 4 N–H and O–H groups in total. The number of amides is 1. The molecule has 0 radical (unpaired) electrons. The van der Waals surface area contributed by atoms with Crippen LogP contribution >= 0.6 is 11.6 Å². The van der Waals surface area contributed by atoms with E-state index in [-0.39, 0.29) is 16.8 Å². The monoisotopic (exact) mass is 254 g/mol. The molecule has 0 unspecified atom stereocenters. The molecule has 92 valence electrons. The molecule has 0 aromatic carbocycles. The van der Waals surface area contributed by atoms with E-state index in [9.17, 15) is 4.79 Å². The normalized spacial score (nSPS) is 17.2. The van der Waals surface area contributed by atoms with Gasteiger partial charge in [0.15, 0.2) is 0 Å². The number of hydrogen-bond donors (Lipinski definition) is 2. The SMILES string of the molecule is NC(=O)c1ccc(N2CCC(N)CC2)nc1Cl. The van der Waals surface area contributed by atoms with Gasteiger partial charge in [-0.15, -0.1) is 0 Å². The molecule has 0 aliphatic carbocycles. The van der Waals surface area contributed by atoms with Crippen molar-refractivity contribution in [1.29, 1.82) is 0 Å². The van der Waals surface area contributed by atoms with Crippen LogP contribution in [0.15, 0.2) is 12.1 Å². The van der Waals surface area contributed by atoms with Crippen molar-refractivity contribution in [3.05, 3.63) is 22.8 Å². The van der Waals surface area contributed by atoms with E-state index in [0.717, 1.165) is 31.7 Å². The van der Waals surface area contributed by atoms with Gasteiger partial charge in [0.1, 0.15) is 11.0 Å². The summed E-state index contributed by atoms with van der Waals surface area (Å²) in [7, 11) is 0. The smallest absolute Gasteiger partial charge is 0.251 e. The quantitative estimate of drug-likeness (QED) is 0.763. The summed E-state index contributed by atoms with van der Waals surface area (Å²) in [5, 5.41) is 0.157. The molecule has 1 fully saturated rings. The molecule has 1 aliphatic heterocycles. The van der Waals surface area contributed by atoms with Crippen molar-refractivity contribution in [3.8, 4) is 0 Å². The molecule has 17 heavy (non-hydrogen) atoms. The van der Waals surface area contributed by atoms with E-state index in [4.69, 9.17) is 23.1 Å². The lowest BCUT2D eigenvalue weighted by atomic mass is 10.1. The first-order valence-electron chi connectivity index (χ1n) is 5.55. The Kier molecular flexibility index (Phi) is 3.49. The first-order chi connectivity index (χ1) is 8.08. The van der Waals surface area contributed by atoms with Gasteiger partial charge in [-0.25, -0.2) is 4.98 Å². The van der Waals surface area contributed by atoms with Gasteiger partial charge in [-0.3, -0.25) is 4.79 Å². The summed E-state index contributed by atoms with van der Waals surface area (Å²) < 4.78 is 0. The fraction of sp³-hybridized carbons (Fsp3) is 0.455. The zero-order valence-corrected chi connectivity index (χ0v) is 10.2. The minimum Gasteiger partial charge on any atom is -0.366 e. The molecule has 0 spiro atoms. The highest BCUT2D eigenvalue weighted by Gasteiger charge is 2.18. The largest absolute Gasteiger partial charge is 0.366 e. The van der Waals surface area contributed by atoms with E-state index in [1.807, 2.05) is 0 Å². The van der Waals surface area contributed by atoms with Gasteiger partial charge in [0, 0.05) is 19.1 Å². The number of anilines is 1. The molecule has 2 heterocycles. The van der Waals surface area contributed by atoms with E-state index in [1.165, 1.54) is 0 Å². The predicted molar refractivity (Wildman–Crippen MR) is 67.2 cm³/mol. The minimum absolute atomic E-state index is 0.157. The molecular formula is C11H15ClN4O. The van der Waals surface area contributed by atoms with E-state index in [0.29, 0.717) is 0 Å². The summed E-state index contributed by atoms with van der Waals surface area (Å²) in [6, 6.07) is 3.65. The second-order valence-corrected chi connectivity index (χ2v) is 4.55. The van der Waals surface area contributed by atoms with Crippen LogP contribution in [0.1, 0.15) is 23.2 Å². The molecule has 6 heteroatoms. The van der Waals surface area contributed by atoms with Crippen LogP contribution < -0.4 is 16.4 Å². The van der Waals surface area contributed by atoms with Crippen molar-refractivity contribution in [1.82, 2.24) is 4.98 Å². The first-order valence-corrected chi connectivity index (χ1v) is 5.92. The zero-order chi connectivity index (χ0) is 12.4. The van der Waals surface area contributed by atoms with Gasteiger partial charge in [-0.1, -0.05) is 11.6 Å². The van der Waals surface area contributed by atoms with Crippen molar-refractivity contribution in [2.45, 2.75) is 18.9 Å². The maximum absolute atomic E-state index is 11.0. The molecule has 1 aliphatic rings. The molecule has 1 aromatic rings. The lowest BCUT2D eigenvalue weighted by Gasteiger charge is -2.31. The number of nitrogens with two attached hydrogens (primary N) is 2. The van der Waals surface area contributed by atoms with Crippen molar-refractivity contribution in [3.63, 3.8) is 0 Å². The van der Waals surface area contributed by atoms with Crippen LogP contribution in [0.5, 0.6) is 0 Å². The molecule has 1 amide bonds. The maximum Gasteiger partial charge on any atom is 0.251 e. The van der Waals surface area contributed by atoms with Gasteiger partial charge in [0.05, 0.1) is 5.56 Å². The van der Waals surface area contributed by atoms with Gasteiger partial charge in [-0.05, 0) is 25.0 Å². The molecule has 2 rings (SSSR count). The number of halogens is 1. The van der Waals surface area contributed by atoms with Crippen molar-refractivity contribution in [2.24, 2.45) is 11.5 Å². The second-order valence-electron chi connectivity index (χ2n) is 4.20. The summed E-state index contributed by atoms with van der Waals surface area (Å²) in [6.45, 7) is 1.72. The Hall–Kier alpha value is -1.33. The molecule has 5 nitrogen and oxygen atoms in total. The van der Waals surface area contributed by atoms with Crippen LogP contribution in [0.2, 0.25) is 5.15 Å². The van der Waals surface area contributed by atoms with Gasteiger partial charge in [-0.2, -0.15) is 0 Å². The molecular weight excluding hydrogens is 240 g/mol. The number of aromatic nitrogens is 1. The maximum atomic E-state index is 11.0. The second kappa shape index (κ2) is 4.89. The summed E-state index contributed by atoms with van der Waals surface area (Å²) in [5.74, 6) is 0.210. The molecule has 0 saturated carbocycles. The Labute approximate surface area is 105 Å². The van der Waals surface area contributed by atoms with Crippen LogP contribution in [0, 0.1) is 0 Å². The Morgan fingerprint density at radius 3 is 2.59 bits per heavy atom. The average molecular weight is 255 g/mol. The van der Waals surface area contributed by atoms with Crippen LogP contribution in [-0.2, 0) is 0 Å². The zero-order valence-electron chi connectivity index (χ0n) is 9.40. The summed E-state index contributed by atoms with van der Waals surface area (Å²) in [6.07, 6.45) is 1.88. The number of primary amides is 1. The Morgan fingerprint density at radius 2 is 2.06 bits per heavy atom. The van der Waals surface area contributed by atoms with Crippen molar-refractivity contribution < 1.29 is 4.79 Å². The molecule has 0 bridgehead atoms. The number of hydrogen-bond acceptors (Lipinski definition) is 4. The van der Waals surface area contributed by atoms with Gasteiger partial charge < -0.3 is 16.4 Å². The van der Waals surface area contributed by atoms with E-state index in [2.05, 4.69) is 9.88 Å². The minimum atomic E-state index is -0.560. The van der Waals surface area contributed by atoms with E-state index >= 15 is 0 Å². The molecule has 1 saturated heterocycles. The first kappa shape index (κ1) is 12.1. The number of pyridine rings is 1. The highest BCUT2D eigenvalue weighted by atomic mass is 35.5. The third-order valence-electron chi connectivity index (χ3n) is 2.96. The van der Waals surface area contributed by atoms with Gasteiger partial charge in [0.2, 0.25) is 0 Å². The lowest BCUT2D eigenvalue weighted by molar-refractivity contribution is 0.1000. The summed E-state index contributed by atoms with van der Waals surface area (Å²) in [5.41, 5.74) is 11.3. The number of carbonyl (C=O) groups excluding carboxylic acids is 1. The fourth-order valence-electron chi connectivity index (χ4n) is 1.91. The molecule has 0 atom stereocenters. The number of piperidine rings is 1. The van der Waals surface area contributed by atoms with Gasteiger partial charge >= 0.3 is 0 Å². The Balaban J connectivity index is 2.17. The summed E-state index contributed by atoms with van der Waals surface area (Å²) in [4.78, 5) is 17.3. The third-order valence-corrected chi connectivity index (χ3v) is 3.25. The van der Waals surface area contributed by atoms with Crippen LogP contribution in [0.3, 0.4) is 0 Å². The highest BCUT2D eigenvalue weighted by Crippen LogP contribution is 2.21. The number of carbonyl (C=O) groups is 1. The van der Waals surface area contributed by atoms with Crippen molar-refractivity contribution in [2.75, 3.05) is 18.0 Å². The summed E-state index contributed by atoms with van der Waals surface area (Å²) >= 11 is 5.91. The van der Waals surface area contributed by atoms with E-state index in [1.54, 1.807) is 12.1 Å². The van der Waals surface area contributed by atoms with Crippen LogP contribution in [0.4, 0.5) is 5.82 Å². The van der Waals surface area contributed by atoms with E-state index < -0.39 is 5.91 Å².